The number of aliphatic hydroxyl groups excluding tert-OH is 1. The van der Waals surface area contributed by atoms with Crippen molar-refractivity contribution < 1.29 is 19.8 Å². The number of rotatable bonds is 3. The van der Waals surface area contributed by atoms with Crippen LogP contribution in [0.25, 0.3) is 0 Å². The minimum absolute atomic E-state index is 0.00691. The molecule has 0 radical (unpaired) electrons. The maximum atomic E-state index is 12.6. The van der Waals surface area contributed by atoms with E-state index in [0.717, 1.165) is 32.1 Å². The van der Waals surface area contributed by atoms with Crippen molar-refractivity contribution in [1.29, 1.82) is 0 Å². The van der Waals surface area contributed by atoms with Crippen molar-refractivity contribution in [3.8, 4) is 0 Å². The van der Waals surface area contributed by atoms with Gasteiger partial charge < -0.3 is 10.2 Å². The Morgan fingerprint density at radius 1 is 0.963 bits per heavy atom. The van der Waals surface area contributed by atoms with E-state index in [1.807, 2.05) is 0 Å². The number of carbonyl (C=O) groups is 2. The zero-order valence-electron chi connectivity index (χ0n) is 17.1. The Labute approximate surface area is 163 Å². The Hall–Kier alpha value is -0.900. The molecule has 0 bridgehead atoms. The molecule has 0 spiro atoms. The van der Waals surface area contributed by atoms with Gasteiger partial charge in [0.15, 0.2) is 0 Å². The van der Waals surface area contributed by atoms with Crippen LogP contribution in [0.2, 0.25) is 0 Å². The highest BCUT2D eigenvalue weighted by molar-refractivity contribution is 5.81. The predicted molar refractivity (Wildman–Crippen MR) is 103 cm³/mol. The third-order valence-electron chi connectivity index (χ3n) is 9.69. The van der Waals surface area contributed by atoms with Gasteiger partial charge in [0.25, 0.3) is 0 Å². The Kier molecular flexibility index (Phi) is 4.73. The molecule has 4 rings (SSSR count). The van der Waals surface area contributed by atoms with Crippen LogP contribution in [0.4, 0.5) is 0 Å². The summed E-state index contributed by atoms with van der Waals surface area (Å²) in [5.74, 6) is 1.78. The second-order valence-electron chi connectivity index (χ2n) is 10.8. The minimum Gasteiger partial charge on any atom is -0.481 e. The second kappa shape index (κ2) is 6.57. The van der Waals surface area contributed by atoms with Gasteiger partial charge in [-0.05, 0) is 98.7 Å². The fraction of sp³-hybridized carbons (Fsp3) is 0.913. The molecule has 0 unspecified atom stereocenters. The number of aliphatic carboxylic acids is 1. The lowest BCUT2D eigenvalue weighted by Crippen LogP contribution is -2.54. The largest absolute Gasteiger partial charge is 0.481 e. The summed E-state index contributed by atoms with van der Waals surface area (Å²) in [5.41, 5.74) is 0.296. The van der Waals surface area contributed by atoms with E-state index < -0.39 is 5.97 Å². The van der Waals surface area contributed by atoms with Gasteiger partial charge in [0.05, 0.1) is 6.10 Å². The van der Waals surface area contributed by atoms with E-state index in [4.69, 9.17) is 0 Å². The lowest BCUT2D eigenvalue weighted by atomic mass is 9.44. The maximum Gasteiger partial charge on any atom is 0.303 e. The fourth-order valence-corrected chi connectivity index (χ4v) is 8.64. The number of carboxylic acids is 1. The average Bonchev–Trinajstić information content (AvgIpc) is 2.86. The number of carbonyl (C=O) groups excluding carboxylic acids is 1. The van der Waals surface area contributed by atoms with Crippen LogP contribution in [-0.2, 0) is 9.59 Å². The molecule has 0 aromatic carbocycles. The predicted octanol–water partition coefficient (Wildman–Crippen LogP) is 4.30. The molecule has 0 aromatic heterocycles. The van der Waals surface area contributed by atoms with Crippen molar-refractivity contribution in [2.45, 2.75) is 84.7 Å². The van der Waals surface area contributed by atoms with E-state index in [2.05, 4.69) is 13.8 Å². The van der Waals surface area contributed by atoms with E-state index in [9.17, 15) is 19.8 Å². The van der Waals surface area contributed by atoms with Gasteiger partial charge >= 0.3 is 5.97 Å². The van der Waals surface area contributed by atoms with Crippen LogP contribution in [0.3, 0.4) is 0 Å². The van der Waals surface area contributed by atoms with Crippen molar-refractivity contribution in [3.63, 3.8) is 0 Å². The van der Waals surface area contributed by atoms with Crippen LogP contribution in [0, 0.1) is 46.3 Å². The first-order valence-electron chi connectivity index (χ1n) is 11.1. The normalized spacial score (nSPS) is 51.8. The molecule has 0 aromatic rings. The van der Waals surface area contributed by atoms with E-state index >= 15 is 0 Å². The summed E-state index contributed by atoms with van der Waals surface area (Å²) >= 11 is 0. The van der Waals surface area contributed by atoms with Crippen LogP contribution in [0.1, 0.15) is 78.6 Å². The van der Waals surface area contributed by atoms with Crippen LogP contribution >= 0.6 is 0 Å². The van der Waals surface area contributed by atoms with Gasteiger partial charge in [-0.15, -0.1) is 0 Å². The Balaban J connectivity index is 1.64. The summed E-state index contributed by atoms with van der Waals surface area (Å²) < 4.78 is 0. The number of ketones is 1. The highest BCUT2D eigenvalue weighted by atomic mass is 16.4. The standard InChI is InChI=1S/C23H36O4/c1-13(24)21-14(11-20(26)27)10-19-17-5-4-15-12-16(25)6-8-22(15,2)18(17)7-9-23(19,21)3/h14-19,21,25H,4-12H2,1-3H3,(H,26,27)/t14-,15-,16+,17+,18-,19-,21-,22-,23-/m0/s1. The molecule has 4 nitrogen and oxygen atoms in total. The van der Waals surface area contributed by atoms with Gasteiger partial charge in [-0.3, -0.25) is 9.59 Å². The first-order chi connectivity index (χ1) is 12.7. The van der Waals surface area contributed by atoms with Crippen molar-refractivity contribution in [2.75, 3.05) is 0 Å². The molecule has 4 aliphatic carbocycles. The molecule has 4 aliphatic rings. The lowest BCUT2D eigenvalue weighted by molar-refractivity contribution is -0.141. The molecule has 2 N–H and O–H groups in total. The highest BCUT2D eigenvalue weighted by Gasteiger charge is 2.63. The van der Waals surface area contributed by atoms with Crippen LogP contribution in [-0.4, -0.2) is 28.1 Å². The van der Waals surface area contributed by atoms with Gasteiger partial charge in [-0.1, -0.05) is 13.8 Å². The van der Waals surface area contributed by atoms with E-state index in [1.165, 1.54) is 19.3 Å². The van der Waals surface area contributed by atoms with Crippen molar-refractivity contribution >= 4 is 11.8 Å². The Morgan fingerprint density at radius 2 is 1.67 bits per heavy atom. The van der Waals surface area contributed by atoms with Gasteiger partial charge in [0, 0.05) is 12.3 Å². The molecule has 4 fully saturated rings. The molecule has 0 aliphatic heterocycles. The van der Waals surface area contributed by atoms with Crippen LogP contribution in [0.15, 0.2) is 0 Å². The van der Waals surface area contributed by atoms with Gasteiger partial charge in [0.1, 0.15) is 5.78 Å². The molecule has 9 atom stereocenters. The van der Waals surface area contributed by atoms with Gasteiger partial charge in [-0.25, -0.2) is 0 Å². The van der Waals surface area contributed by atoms with E-state index in [0.29, 0.717) is 29.1 Å². The summed E-state index contributed by atoms with van der Waals surface area (Å²) in [7, 11) is 0. The number of fused-ring (bicyclic) bond motifs is 5. The first-order valence-corrected chi connectivity index (χ1v) is 11.1. The van der Waals surface area contributed by atoms with Crippen molar-refractivity contribution in [1.82, 2.24) is 0 Å². The highest BCUT2D eigenvalue weighted by Crippen LogP contribution is 2.68. The fourth-order valence-electron chi connectivity index (χ4n) is 8.64. The van der Waals surface area contributed by atoms with Gasteiger partial charge in [-0.2, -0.15) is 0 Å². The number of hydrogen-bond donors (Lipinski definition) is 2. The molecular weight excluding hydrogens is 340 g/mol. The molecule has 0 saturated heterocycles. The second-order valence-corrected chi connectivity index (χ2v) is 10.8. The molecular formula is C23H36O4. The Morgan fingerprint density at radius 3 is 2.33 bits per heavy atom. The smallest absolute Gasteiger partial charge is 0.303 e. The zero-order chi connectivity index (χ0) is 19.6. The lowest BCUT2D eigenvalue weighted by Gasteiger charge is -2.60. The number of carboxylic acid groups (broad SMARTS) is 1. The summed E-state index contributed by atoms with van der Waals surface area (Å²) in [4.78, 5) is 24.0. The Bertz CT molecular complexity index is 630. The quantitative estimate of drug-likeness (QED) is 0.770. The molecule has 152 valence electrons. The summed E-state index contributed by atoms with van der Waals surface area (Å²) in [6.45, 7) is 6.44. The topological polar surface area (TPSA) is 74.6 Å². The summed E-state index contributed by atoms with van der Waals surface area (Å²) in [6.07, 6.45) is 8.55. The average molecular weight is 377 g/mol. The number of hydrogen-bond acceptors (Lipinski definition) is 3. The van der Waals surface area contributed by atoms with E-state index in [-0.39, 0.29) is 35.6 Å². The molecule has 4 saturated carbocycles. The molecule has 4 heteroatoms. The van der Waals surface area contributed by atoms with Crippen molar-refractivity contribution in [2.24, 2.45) is 46.3 Å². The summed E-state index contributed by atoms with van der Waals surface area (Å²) in [5, 5.41) is 19.6. The monoisotopic (exact) mass is 376 g/mol. The maximum absolute atomic E-state index is 12.6. The number of Topliss-reactive ketones (excluding diaryl/α,β-unsaturated/α-hetero) is 1. The third kappa shape index (κ3) is 2.89. The molecule has 0 heterocycles. The minimum atomic E-state index is -0.762. The zero-order valence-corrected chi connectivity index (χ0v) is 17.1. The summed E-state index contributed by atoms with van der Waals surface area (Å²) in [6, 6.07) is 0. The molecule has 0 amide bonds. The first kappa shape index (κ1) is 19.4. The van der Waals surface area contributed by atoms with Crippen molar-refractivity contribution in [3.05, 3.63) is 0 Å². The van der Waals surface area contributed by atoms with Gasteiger partial charge in [0.2, 0.25) is 0 Å². The SMILES string of the molecule is CC(=O)[C@H]1[C@H](CC(=O)O)C[C@H]2[C@@H]3CC[C@H]4C[C@H](O)CC[C@]4(C)[C@H]3CC[C@@]21C. The number of aliphatic hydroxyl groups is 1. The third-order valence-corrected chi connectivity index (χ3v) is 9.69. The molecule has 27 heavy (non-hydrogen) atoms. The van der Waals surface area contributed by atoms with Crippen LogP contribution in [0.5, 0.6) is 0 Å². The van der Waals surface area contributed by atoms with E-state index in [1.54, 1.807) is 6.92 Å². The van der Waals surface area contributed by atoms with Crippen LogP contribution < -0.4 is 0 Å².